The average Bonchev–Trinajstić information content (AvgIpc) is 3.20. The number of hydrogen-bond acceptors (Lipinski definition) is 4. The summed E-state index contributed by atoms with van der Waals surface area (Å²) in [5, 5.41) is 11.2. The lowest BCUT2D eigenvalue weighted by atomic mass is 9.84. The van der Waals surface area contributed by atoms with Crippen molar-refractivity contribution in [2.75, 3.05) is 0 Å². The quantitative estimate of drug-likeness (QED) is 0.364. The second kappa shape index (κ2) is 9.20. The molecule has 2 saturated heterocycles. The first kappa shape index (κ1) is 23.0. The zero-order valence-electron chi connectivity index (χ0n) is 17.7. The molecule has 0 saturated carbocycles. The lowest BCUT2D eigenvalue weighted by Crippen LogP contribution is -2.39. The number of carbonyl (C=O) groups is 2. The van der Waals surface area contributed by atoms with E-state index in [2.05, 4.69) is 19.2 Å². The van der Waals surface area contributed by atoms with Crippen LogP contribution in [-0.4, -0.2) is 28.6 Å². The number of likely N-dealkylation sites (tertiary alicyclic amines) is 1. The molecule has 2 fully saturated rings. The number of rotatable bonds is 6. The van der Waals surface area contributed by atoms with Crippen molar-refractivity contribution in [1.82, 2.24) is 10.2 Å². The molecule has 0 aromatic heterocycles. The Labute approximate surface area is 189 Å². The highest BCUT2D eigenvalue weighted by Gasteiger charge is 2.58. The van der Waals surface area contributed by atoms with Gasteiger partial charge in [-0.3, -0.25) is 19.9 Å². The summed E-state index contributed by atoms with van der Waals surface area (Å²) < 4.78 is 0. The Balaban J connectivity index is 0.00000272. The molecule has 4 unspecified atom stereocenters. The van der Waals surface area contributed by atoms with Crippen molar-refractivity contribution < 1.29 is 9.59 Å². The molecule has 2 aliphatic heterocycles. The van der Waals surface area contributed by atoms with Gasteiger partial charge in [0.05, 0.1) is 18.4 Å². The van der Waals surface area contributed by atoms with Gasteiger partial charge in [-0.1, -0.05) is 68.4 Å². The number of nitrogens with two attached hydrogens (primary N) is 1. The molecule has 0 aliphatic carbocycles. The maximum absolute atomic E-state index is 13.4. The van der Waals surface area contributed by atoms with Crippen LogP contribution in [0, 0.1) is 23.2 Å². The molecule has 2 amide bonds. The zero-order chi connectivity index (χ0) is 21.4. The van der Waals surface area contributed by atoms with Crippen LogP contribution < -0.4 is 11.1 Å². The molecule has 164 valence electrons. The minimum atomic E-state index is -0.409. The largest absolute Gasteiger partial charge is 0.384 e. The number of nitrogen functional groups attached to an aromatic ring is 1. The van der Waals surface area contributed by atoms with Gasteiger partial charge in [0.15, 0.2) is 0 Å². The molecule has 31 heavy (non-hydrogen) atoms. The van der Waals surface area contributed by atoms with Crippen molar-refractivity contribution in [1.29, 1.82) is 5.41 Å². The van der Waals surface area contributed by atoms with Crippen LogP contribution in [0.4, 0.5) is 0 Å². The second-order valence-corrected chi connectivity index (χ2v) is 8.72. The molecule has 4 N–H and O–H groups in total. The summed E-state index contributed by atoms with van der Waals surface area (Å²) in [7, 11) is 0. The van der Waals surface area contributed by atoms with E-state index in [1.165, 1.54) is 4.90 Å². The van der Waals surface area contributed by atoms with E-state index in [0.29, 0.717) is 18.0 Å². The summed E-state index contributed by atoms with van der Waals surface area (Å²) in [6.07, 6.45) is 0.835. The number of benzene rings is 2. The molecule has 4 atom stereocenters. The Morgan fingerprint density at radius 2 is 1.65 bits per heavy atom. The van der Waals surface area contributed by atoms with Gasteiger partial charge in [0.2, 0.25) is 11.8 Å². The van der Waals surface area contributed by atoms with Crippen LogP contribution >= 0.6 is 12.4 Å². The lowest BCUT2D eigenvalue weighted by Gasteiger charge is -2.23. The van der Waals surface area contributed by atoms with Gasteiger partial charge in [0.25, 0.3) is 0 Å². The van der Waals surface area contributed by atoms with Gasteiger partial charge in [-0.05, 0) is 23.5 Å². The van der Waals surface area contributed by atoms with Crippen molar-refractivity contribution in [3.63, 3.8) is 0 Å². The summed E-state index contributed by atoms with van der Waals surface area (Å²) in [4.78, 5) is 28.2. The van der Waals surface area contributed by atoms with Crippen molar-refractivity contribution in [3.8, 4) is 0 Å². The molecule has 0 bridgehead atoms. The maximum Gasteiger partial charge on any atom is 0.235 e. The normalized spacial score (nSPS) is 24.9. The number of imide groups is 1. The smallest absolute Gasteiger partial charge is 0.235 e. The highest BCUT2D eigenvalue weighted by atomic mass is 35.5. The second-order valence-electron chi connectivity index (χ2n) is 8.72. The first-order valence-electron chi connectivity index (χ1n) is 10.5. The molecule has 4 rings (SSSR count). The molecule has 2 aliphatic rings. The molecular weight excluding hydrogens is 412 g/mol. The first-order valence-corrected chi connectivity index (χ1v) is 10.5. The van der Waals surface area contributed by atoms with E-state index in [9.17, 15) is 9.59 Å². The van der Waals surface area contributed by atoms with E-state index in [1.54, 1.807) is 12.1 Å². The Kier molecular flexibility index (Phi) is 6.82. The van der Waals surface area contributed by atoms with Crippen molar-refractivity contribution >= 4 is 30.1 Å². The number of halogens is 1. The van der Waals surface area contributed by atoms with E-state index >= 15 is 0 Å². The van der Waals surface area contributed by atoms with Gasteiger partial charge in [-0.2, -0.15) is 0 Å². The van der Waals surface area contributed by atoms with Crippen LogP contribution in [0.2, 0.25) is 0 Å². The predicted molar refractivity (Wildman–Crippen MR) is 123 cm³/mol. The molecule has 0 spiro atoms. The van der Waals surface area contributed by atoms with Gasteiger partial charge in [-0.25, -0.2) is 0 Å². The van der Waals surface area contributed by atoms with E-state index in [1.807, 2.05) is 42.5 Å². The van der Waals surface area contributed by atoms with Crippen LogP contribution in [0.1, 0.15) is 43.0 Å². The van der Waals surface area contributed by atoms with Gasteiger partial charge >= 0.3 is 0 Å². The molecule has 2 aromatic rings. The predicted octanol–water partition coefficient (Wildman–Crippen LogP) is 3.25. The SMILES string of the molecule is CC(C)CC1NC(c2ccc(C(=N)N)cc2)C2C(=O)N(Cc3ccccc3)C(=O)C12.Cl. The van der Waals surface area contributed by atoms with Crippen molar-refractivity contribution in [3.05, 3.63) is 71.3 Å². The van der Waals surface area contributed by atoms with E-state index in [0.717, 1.165) is 17.5 Å². The molecule has 6 nitrogen and oxygen atoms in total. The fraction of sp³-hybridized carbons (Fsp3) is 0.375. The van der Waals surface area contributed by atoms with E-state index in [-0.39, 0.29) is 48.1 Å². The van der Waals surface area contributed by atoms with Crippen molar-refractivity contribution in [2.24, 2.45) is 23.5 Å². The molecular formula is C24H29ClN4O2. The Morgan fingerprint density at radius 3 is 2.23 bits per heavy atom. The number of fused-ring (bicyclic) bond motifs is 1. The summed E-state index contributed by atoms with van der Waals surface area (Å²) in [6, 6.07) is 16.8. The average molecular weight is 441 g/mol. The number of amides is 2. The standard InChI is InChI=1S/C24H28N4O2.ClH/c1-14(2)12-18-19-20(21(27-18)16-8-10-17(11-9-16)22(25)26)24(30)28(23(19)29)13-15-6-4-3-5-7-15;/h3-11,14,18-21,27H,12-13H2,1-2H3,(H3,25,26);1H. The highest BCUT2D eigenvalue weighted by molar-refractivity contribution is 6.06. The highest BCUT2D eigenvalue weighted by Crippen LogP contribution is 2.45. The minimum Gasteiger partial charge on any atom is -0.384 e. The van der Waals surface area contributed by atoms with Crippen LogP contribution in [0.3, 0.4) is 0 Å². The molecule has 7 heteroatoms. The number of hydrogen-bond donors (Lipinski definition) is 3. The lowest BCUT2D eigenvalue weighted by molar-refractivity contribution is -0.141. The number of nitrogens with zero attached hydrogens (tertiary/aromatic N) is 1. The van der Waals surface area contributed by atoms with Crippen molar-refractivity contribution in [2.45, 2.75) is 38.9 Å². The Morgan fingerprint density at radius 1 is 1.03 bits per heavy atom. The monoisotopic (exact) mass is 440 g/mol. The van der Waals surface area contributed by atoms with Crippen LogP contribution in [-0.2, 0) is 16.1 Å². The summed E-state index contributed by atoms with van der Waals surface area (Å²) in [5.74, 6) is -0.511. The fourth-order valence-electron chi connectivity index (χ4n) is 4.80. The molecule has 0 radical (unpaired) electrons. The maximum atomic E-state index is 13.4. The topological polar surface area (TPSA) is 99.3 Å². The minimum absolute atomic E-state index is 0. The number of amidine groups is 1. The van der Waals surface area contributed by atoms with Gasteiger partial charge in [0.1, 0.15) is 5.84 Å². The number of carbonyl (C=O) groups excluding carboxylic acids is 2. The summed E-state index contributed by atoms with van der Waals surface area (Å²) in [6.45, 7) is 4.58. The number of nitrogens with one attached hydrogen (secondary N) is 2. The third-order valence-electron chi connectivity index (χ3n) is 6.17. The Hall–Kier alpha value is -2.70. The fourth-order valence-corrected chi connectivity index (χ4v) is 4.80. The summed E-state index contributed by atoms with van der Waals surface area (Å²) in [5.41, 5.74) is 8.12. The van der Waals surface area contributed by atoms with Crippen LogP contribution in [0.15, 0.2) is 54.6 Å². The van der Waals surface area contributed by atoms with Crippen LogP contribution in [0.5, 0.6) is 0 Å². The molecule has 2 heterocycles. The third-order valence-corrected chi connectivity index (χ3v) is 6.17. The Bertz CT molecular complexity index is 961. The first-order chi connectivity index (χ1) is 14.4. The van der Waals surface area contributed by atoms with Gasteiger partial charge in [0, 0.05) is 17.6 Å². The van der Waals surface area contributed by atoms with E-state index in [4.69, 9.17) is 11.1 Å². The molecule has 2 aromatic carbocycles. The van der Waals surface area contributed by atoms with Crippen LogP contribution in [0.25, 0.3) is 0 Å². The van der Waals surface area contributed by atoms with Gasteiger partial charge < -0.3 is 11.1 Å². The summed E-state index contributed by atoms with van der Waals surface area (Å²) >= 11 is 0. The van der Waals surface area contributed by atoms with E-state index < -0.39 is 5.92 Å². The zero-order valence-corrected chi connectivity index (χ0v) is 18.6. The third kappa shape index (κ3) is 4.36. The van der Waals surface area contributed by atoms with Gasteiger partial charge in [-0.15, -0.1) is 12.4 Å².